The zero-order chi connectivity index (χ0) is 15.9. The Kier molecular flexibility index (Phi) is 4.02. The van der Waals surface area contributed by atoms with Gasteiger partial charge in [-0.3, -0.25) is 9.56 Å². The van der Waals surface area contributed by atoms with Crippen molar-refractivity contribution >= 4 is 11.7 Å². The van der Waals surface area contributed by atoms with Crippen LogP contribution < -0.4 is 11.1 Å². The second kappa shape index (κ2) is 5.82. The molecule has 1 unspecified atom stereocenters. The Bertz CT molecular complexity index is 576. The van der Waals surface area contributed by atoms with E-state index < -0.39 is 37.3 Å². The highest BCUT2D eigenvalue weighted by molar-refractivity contribution is 6.01. The average Bonchev–Trinajstić information content (AvgIpc) is 3.02. The summed E-state index contributed by atoms with van der Waals surface area (Å²) in [4.78, 5) is 8.30. The van der Waals surface area contributed by atoms with E-state index in [1.54, 1.807) is 0 Å². The molecule has 7 N–H and O–H groups in total. The molecule has 10 nitrogen and oxygen atoms in total. The van der Waals surface area contributed by atoms with Gasteiger partial charge in [0.25, 0.3) is 0 Å². The summed E-state index contributed by atoms with van der Waals surface area (Å²) in [5, 5.41) is 41.3. The maximum Gasteiger partial charge on any atom is 0.165 e. The first kappa shape index (κ1) is 15.2. The van der Waals surface area contributed by atoms with Gasteiger partial charge in [-0.1, -0.05) is 0 Å². The van der Waals surface area contributed by atoms with Gasteiger partial charge in [-0.15, -0.1) is 0 Å². The number of nitrogens with two attached hydrogens (primary N) is 1. The van der Waals surface area contributed by atoms with Crippen LogP contribution in [-0.4, -0.2) is 79.9 Å². The van der Waals surface area contributed by atoms with Crippen LogP contribution in [-0.2, 0) is 4.74 Å². The van der Waals surface area contributed by atoms with Crippen molar-refractivity contribution in [3.8, 4) is 0 Å². The second-order valence-corrected chi connectivity index (χ2v) is 5.34. The van der Waals surface area contributed by atoms with Gasteiger partial charge in [0, 0.05) is 6.54 Å². The third-order valence-corrected chi connectivity index (χ3v) is 3.81. The molecule has 3 rings (SSSR count). The Morgan fingerprint density at radius 2 is 2.14 bits per heavy atom. The number of nitrogens with one attached hydrogen (secondary N) is 1. The first-order valence-electron chi connectivity index (χ1n) is 6.94. The van der Waals surface area contributed by atoms with Crippen molar-refractivity contribution in [1.29, 1.82) is 0 Å². The lowest BCUT2D eigenvalue weighted by Crippen LogP contribution is -2.39. The van der Waals surface area contributed by atoms with Crippen LogP contribution >= 0.6 is 0 Å². The first-order chi connectivity index (χ1) is 10.5. The number of aromatic nitrogens is 2. The molecular formula is C12H19N5O5. The molecule has 0 aromatic carbocycles. The van der Waals surface area contributed by atoms with Crippen LogP contribution in [0, 0.1) is 0 Å². The maximum absolute atomic E-state index is 10.0. The predicted molar refractivity (Wildman–Crippen MR) is 75.1 cm³/mol. The summed E-state index contributed by atoms with van der Waals surface area (Å²) in [5.74, 6) is 0.658. The highest BCUT2D eigenvalue weighted by Crippen LogP contribution is 2.31. The number of β-amino-alcohol motifs (C(OH)–C–C–N with tert-alkyl or cyclic N) is 1. The smallest absolute Gasteiger partial charge is 0.165 e. The molecule has 0 amide bonds. The number of aliphatic hydroxyl groups is 4. The molecule has 122 valence electrons. The highest BCUT2D eigenvalue weighted by atomic mass is 16.6. The Balaban J connectivity index is 1.85. The molecule has 1 aromatic rings. The van der Waals surface area contributed by atoms with E-state index in [9.17, 15) is 15.3 Å². The maximum atomic E-state index is 10.0. The third-order valence-electron chi connectivity index (χ3n) is 3.81. The number of nitrogens with zero attached hydrogens (tertiary/aromatic N) is 3. The number of rotatable bonds is 3. The Labute approximate surface area is 125 Å². The zero-order valence-corrected chi connectivity index (χ0v) is 11.7. The van der Waals surface area contributed by atoms with Crippen LogP contribution in [0.4, 0.5) is 5.82 Å². The van der Waals surface area contributed by atoms with Crippen molar-refractivity contribution in [2.24, 2.45) is 4.99 Å². The summed E-state index contributed by atoms with van der Waals surface area (Å²) >= 11 is 0. The number of amidine groups is 1. The van der Waals surface area contributed by atoms with Gasteiger partial charge >= 0.3 is 0 Å². The third kappa shape index (κ3) is 2.44. The molecule has 0 bridgehead atoms. The lowest BCUT2D eigenvalue weighted by molar-refractivity contribution is -0.0518. The normalized spacial score (nSPS) is 35.3. The molecule has 0 saturated carbocycles. The van der Waals surface area contributed by atoms with Crippen LogP contribution in [0.1, 0.15) is 11.9 Å². The lowest BCUT2D eigenvalue weighted by atomic mass is 10.1. The summed E-state index contributed by atoms with van der Waals surface area (Å²) < 4.78 is 6.80. The van der Waals surface area contributed by atoms with Gasteiger partial charge in [0.15, 0.2) is 12.1 Å². The van der Waals surface area contributed by atoms with Crippen LogP contribution in [0.2, 0.25) is 0 Å². The number of anilines is 1. The van der Waals surface area contributed by atoms with E-state index in [0.29, 0.717) is 18.1 Å². The van der Waals surface area contributed by atoms with Crippen LogP contribution in [0.25, 0.3) is 0 Å². The van der Waals surface area contributed by atoms with Gasteiger partial charge in [-0.25, -0.2) is 4.98 Å². The molecule has 1 saturated heterocycles. The zero-order valence-electron chi connectivity index (χ0n) is 11.7. The fourth-order valence-electron chi connectivity index (χ4n) is 2.56. The number of nitrogen functional groups attached to an aromatic ring is 1. The van der Waals surface area contributed by atoms with E-state index in [0.717, 1.165) is 0 Å². The minimum absolute atomic E-state index is 0.206. The van der Waals surface area contributed by atoms with Gasteiger partial charge < -0.3 is 36.2 Å². The van der Waals surface area contributed by atoms with E-state index in [2.05, 4.69) is 15.3 Å². The SMILES string of the molecule is Nc1c(C2=NCC(O)CN2)ncn1[C@@H]1O[C@H](CO)[C@@H](O)[C@H]1O. The van der Waals surface area contributed by atoms with Crippen molar-refractivity contribution < 1.29 is 25.2 Å². The molecule has 3 heterocycles. The molecular weight excluding hydrogens is 294 g/mol. The van der Waals surface area contributed by atoms with E-state index in [1.165, 1.54) is 10.9 Å². The number of hydrogen-bond acceptors (Lipinski definition) is 9. The quantitative estimate of drug-likeness (QED) is 0.340. The van der Waals surface area contributed by atoms with E-state index in [-0.39, 0.29) is 12.4 Å². The van der Waals surface area contributed by atoms with Crippen molar-refractivity contribution in [3.05, 3.63) is 12.0 Å². The minimum atomic E-state index is -1.23. The first-order valence-corrected chi connectivity index (χ1v) is 6.94. The van der Waals surface area contributed by atoms with E-state index >= 15 is 0 Å². The Hall–Kier alpha value is -1.72. The molecule has 1 fully saturated rings. The summed E-state index contributed by atoms with van der Waals surface area (Å²) in [7, 11) is 0. The van der Waals surface area contributed by atoms with Crippen molar-refractivity contribution in [2.45, 2.75) is 30.6 Å². The molecule has 1 aromatic heterocycles. The molecule has 0 spiro atoms. The van der Waals surface area contributed by atoms with E-state index in [1.807, 2.05) is 0 Å². The number of hydrogen-bond donors (Lipinski definition) is 6. The summed E-state index contributed by atoms with van der Waals surface area (Å²) in [6.07, 6.45) is -3.44. The molecule has 2 aliphatic rings. The van der Waals surface area contributed by atoms with Gasteiger partial charge in [0.1, 0.15) is 29.8 Å². The summed E-state index contributed by atoms with van der Waals surface area (Å²) in [6, 6.07) is 0. The highest BCUT2D eigenvalue weighted by Gasteiger charge is 2.44. The average molecular weight is 313 g/mol. The molecule has 0 aliphatic carbocycles. The second-order valence-electron chi connectivity index (χ2n) is 5.34. The fraction of sp³-hybridized carbons (Fsp3) is 0.667. The molecule has 22 heavy (non-hydrogen) atoms. The molecule has 10 heteroatoms. The molecule has 5 atom stereocenters. The number of aliphatic hydroxyl groups excluding tert-OH is 4. The summed E-state index contributed by atoms with van der Waals surface area (Å²) in [5.41, 5.74) is 6.40. The summed E-state index contributed by atoms with van der Waals surface area (Å²) in [6.45, 7) is 0.184. The van der Waals surface area contributed by atoms with Crippen LogP contribution in [0.15, 0.2) is 11.3 Å². The Morgan fingerprint density at radius 1 is 1.36 bits per heavy atom. The van der Waals surface area contributed by atoms with Gasteiger partial charge in [0.2, 0.25) is 0 Å². The topological polar surface area (TPSA) is 158 Å². The van der Waals surface area contributed by atoms with Gasteiger partial charge in [-0.05, 0) is 0 Å². The van der Waals surface area contributed by atoms with Crippen molar-refractivity contribution in [2.75, 3.05) is 25.4 Å². The number of imidazole rings is 1. The number of aliphatic imine (C=N–C) groups is 1. The standard InChI is InChI=1S/C12H19N5O5/c13-10-7(11-14-1-5(19)2-15-11)16-4-17(10)12-9(21)8(20)6(3-18)22-12/h4-6,8-9,12,18-21H,1-3,13H2,(H,14,15)/t6-,8-,9-,12-/m1/s1. The van der Waals surface area contributed by atoms with Crippen molar-refractivity contribution in [3.63, 3.8) is 0 Å². The monoisotopic (exact) mass is 313 g/mol. The largest absolute Gasteiger partial charge is 0.394 e. The van der Waals surface area contributed by atoms with Gasteiger partial charge in [-0.2, -0.15) is 0 Å². The lowest BCUT2D eigenvalue weighted by Gasteiger charge is -2.20. The Morgan fingerprint density at radius 3 is 2.73 bits per heavy atom. The fourth-order valence-corrected chi connectivity index (χ4v) is 2.56. The van der Waals surface area contributed by atoms with E-state index in [4.69, 9.17) is 15.6 Å². The van der Waals surface area contributed by atoms with Gasteiger partial charge in [0.05, 0.1) is 25.6 Å². The van der Waals surface area contributed by atoms with Crippen LogP contribution in [0.3, 0.4) is 0 Å². The minimum Gasteiger partial charge on any atom is -0.394 e. The number of ether oxygens (including phenoxy) is 1. The molecule has 2 aliphatic heterocycles. The molecule has 0 radical (unpaired) electrons. The van der Waals surface area contributed by atoms with Crippen LogP contribution in [0.5, 0.6) is 0 Å². The van der Waals surface area contributed by atoms with Crippen molar-refractivity contribution in [1.82, 2.24) is 14.9 Å². The predicted octanol–water partition coefficient (Wildman–Crippen LogP) is -3.21.